The Bertz CT molecular complexity index is 609. The largest absolute Gasteiger partial charge is 0.480 e. The number of hydrogen-bond acceptors (Lipinski definition) is 7. The highest BCUT2D eigenvalue weighted by atomic mass is 16.4. The van der Waals surface area contributed by atoms with Crippen LogP contribution < -0.4 is 38.9 Å². The molecular weight excluding hydrogens is 396 g/mol. The summed E-state index contributed by atoms with van der Waals surface area (Å²) in [6.45, 7) is 1.59. The molecule has 12 N–H and O–H groups in total. The molecule has 172 valence electrons. The first kappa shape index (κ1) is 27.1. The molecule has 0 aromatic heterocycles. The van der Waals surface area contributed by atoms with Crippen molar-refractivity contribution < 1.29 is 24.3 Å². The zero-order chi connectivity index (χ0) is 23.1. The SMILES string of the molecule is CC(NC(=O)CNC(=O)C(CCCN=C(N)N)NC(=O)C(N)CCCCN)C(=O)O. The predicted molar refractivity (Wildman–Crippen MR) is 111 cm³/mol. The van der Waals surface area contributed by atoms with Crippen molar-refractivity contribution in [3.63, 3.8) is 0 Å². The van der Waals surface area contributed by atoms with Crippen LogP contribution in [0.1, 0.15) is 39.0 Å². The number of hydrogen-bond donors (Lipinski definition) is 8. The molecule has 3 atom stereocenters. The molecule has 3 unspecified atom stereocenters. The van der Waals surface area contributed by atoms with Crippen LogP contribution in [0.3, 0.4) is 0 Å². The molecule has 0 aromatic carbocycles. The summed E-state index contributed by atoms with van der Waals surface area (Å²) in [6, 6.07) is -2.86. The maximum absolute atomic E-state index is 12.4. The van der Waals surface area contributed by atoms with E-state index in [9.17, 15) is 19.2 Å². The van der Waals surface area contributed by atoms with Crippen molar-refractivity contribution in [3.8, 4) is 0 Å². The van der Waals surface area contributed by atoms with Gasteiger partial charge in [-0.25, -0.2) is 0 Å². The van der Waals surface area contributed by atoms with Gasteiger partial charge < -0.3 is 44.0 Å². The summed E-state index contributed by atoms with van der Waals surface area (Å²) >= 11 is 0. The number of guanidine groups is 1. The summed E-state index contributed by atoms with van der Waals surface area (Å²) < 4.78 is 0. The van der Waals surface area contributed by atoms with Crippen molar-refractivity contribution in [2.24, 2.45) is 27.9 Å². The van der Waals surface area contributed by atoms with Gasteiger partial charge in [-0.05, 0) is 39.2 Å². The van der Waals surface area contributed by atoms with Crippen molar-refractivity contribution >= 4 is 29.7 Å². The van der Waals surface area contributed by atoms with E-state index in [0.717, 1.165) is 6.42 Å². The number of aliphatic imine (C=N–C) groups is 1. The van der Waals surface area contributed by atoms with E-state index in [2.05, 4.69) is 20.9 Å². The summed E-state index contributed by atoms with van der Waals surface area (Å²) in [5.74, 6) is -3.09. The minimum absolute atomic E-state index is 0.0915. The van der Waals surface area contributed by atoms with Crippen LogP contribution in [0, 0.1) is 0 Å². The van der Waals surface area contributed by atoms with Gasteiger partial charge in [-0.2, -0.15) is 0 Å². The number of carbonyl (C=O) groups is 4. The Kier molecular flexibility index (Phi) is 13.5. The van der Waals surface area contributed by atoms with Gasteiger partial charge in [-0.3, -0.25) is 24.2 Å². The van der Waals surface area contributed by atoms with Gasteiger partial charge >= 0.3 is 5.97 Å². The van der Waals surface area contributed by atoms with E-state index in [0.29, 0.717) is 25.8 Å². The van der Waals surface area contributed by atoms with Crippen LogP contribution in [0.5, 0.6) is 0 Å². The van der Waals surface area contributed by atoms with Crippen molar-refractivity contribution in [1.82, 2.24) is 16.0 Å². The molecule has 3 amide bonds. The lowest BCUT2D eigenvalue weighted by Gasteiger charge is -2.20. The van der Waals surface area contributed by atoms with Crippen molar-refractivity contribution in [3.05, 3.63) is 0 Å². The van der Waals surface area contributed by atoms with E-state index in [1.165, 1.54) is 6.92 Å². The molecule has 0 aliphatic heterocycles. The quantitative estimate of drug-likeness (QED) is 0.0735. The summed E-state index contributed by atoms with van der Waals surface area (Å²) in [7, 11) is 0. The minimum atomic E-state index is -1.21. The van der Waals surface area contributed by atoms with Crippen molar-refractivity contribution in [2.75, 3.05) is 19.6 Å². The number of rotatable bonds is 15. The Morgan fingerprint density at radius 3 is 2.23 bits per heavy atom. The maximum Gasteiger partial charge on any atom is 0.325 e. The molecule has 0 heterocycles. The van der Waals surface area contributed by atoms with Crippen molar-refractivity contribution in [2.45, 2.75) is 57.2 Å². The van der Waals surface area contributed by atoms with Gasteiger partial charge in [0.25, 0.3) is 0 Å². The second kappa shape index (κ2) is 15.0. The van der Waals surface area contributed by atoms with Crippen LogP contribution in [-0.2, 0) is 19.2 Å². The molecule has 0 saturated carbocycles. The van der Waals surface area contributed by atoms with Gasteiger partial charge in [0.1, 0.15) is 12.1 Å². The molecule has 0 bridgehead atoms. The van der Waals surface area contributed by atoms with Gasteiger partial charge in [0.2, 0.25) is 17.7 Å². The number of carboxylic acid groups (broad SMARTS) is 1. The standard InChI is InChI=1S/C17H34N8O5/c1-10(16(29)30)24-13(26)9-23-15(28)12(6-4-8-22-17(20)21)25-14(27)11(19)5-2-3-7-18/h10-12H,2-9,18-19H2,1H3,(H,23,28)(H,24,26)(H,25,27)(H,29,30)(H4,20,21,22). The molecule has 0 spiro atoms. The predicted octanol–water partition coefficient (Wildman–Crippen LogP) is -3.31. The van der Waals surface area contributed by atoms with Gasteiger partial charge in [0.15, 0.2) is 5.96 Å². The van der Waals surface area contributed by atoms with Crippen molar-refractivity contribution in [1.29, 1.82) is 0 Å². The van der Waals surface area contributed by atoms with Crippen LogP contribution in [-0.4, -0.2) is 72.5 Å². The number of aliphatic carboxylic acids is 1. The number of nitrogens with zero attached hydrogens (tertiary/aromatic N) is 1. The second-order valence-electron chi connectivity index (χ2n) is 6.75. The highest BCUT2D eigenvalue weighted by molar-refractivity contribution is 5.92. The molecule has 0 radical (unpaired) electrons. The van der Waals surface area contributed by atoms with E-state index in [-0.39, 0.29) is 18.9 Å². The van der Waals surface area contributed by atoms with Gasteiger partial charge in [0.05, 0.1) is 12.6 Å². The maximum atomic E-state index is 12.4. The first-order valence-corrected chi connectivity index (χ1v) is 9.69. The molecule has 0 rings (SSSR count). The van der Waals surface area contributed by atoms with Crippen LogP contribution in [0.4, 0.5) is 0 Å². The molecule has 0 aromatic rings. The fourth-order valence-corrected chi connectivity index (χ4v) is 2.34. The minimum Gasteiger partial charge on any atom is -0.480 e. The number of carboxylic acids is 1. The molecule has 13 heteroatoms. The number of unbranched alkanes of at least 4 members (excludes halogenated alkanes) is 1. The Morgan fingerprint density at radius 2 is 1.67 bits per heavy atom. The number of amides is 3. The average Bonchev–Trinajstić information content (AvgIpc) is 2.67. The van der Waals surface area contributed by atoms with Gasteiger partial charge in [0, 0.05) is 6.54 Å². The third-order valence-corrected chi connectivity index (χ3v) is 4.06. The first-order chi connectivity index (χ1) is 14.1. The third kappa shape index (κ3) is 12.5. The third-order valence-electron chi connectivity index (χ3n) is 4.06. The summed E-state index contributed by atoms with van der Waals surface area (Å²) in [6.07, 6.45) is 2.42. The van der Waals surface area contributed by atoms with Crippen LogP contribution >= 0.6 is 0 Å². The number of nitrogens with one attached hydrogen (secondary N) is 3. The summed E-state index contributed by atoms with van der Waals surface area (Å²) in [4.78, 5) is 51.1. The van der Waals surface area contributed by atoms with E-state index < -0.39 is 48.4 Å². The van der Waals surface area contributed by atoms with E-state index >= 15 is 0 Å². The first-order valence-electron chi connectivity index (χ1n) is 9.69. The monoisotopic (exact) mass is 430 g/mol. The molecule has 30 heavy (non-hydrogen) atoms. The lowest BCUT2D eigenvalue weighted by molar-refractivity contribution is -0.141. The topological polar surface area (TPSA) is 241 Å². The molecule has 13 nitrogen and oxygen atoms in total. The number of nitrogens with two attached hydrogens (primary N) is 4. The van der Waals surface area contributed by atoms with Gasteiger partial charge in [-0.15, -0.1) is 0 Å². The number of carbonyl (C=O) groups excluding carboxylic acids is 3. The fraction of sp³-hybridized carbons (Fsp3) is 0.706. The summed E-state index contributed by atoms with van der Waals surface area (Å²) in [5.41, 5.74) is 21.8. The Labute approximate surface area is 175 Å². The molecule has 0 aliphatic carbocycles. The van der Waals surface area contributed by atoms with E-state index in [1.807, 2.05) is 0 Å². The molecule has 0 saturated heterocycles. The van der Waals surface area contributed by atoms with Crippen LogP contribution in [0.25, 0.3) is 0 Å². The fourth-order valence-electron chi connectivity index (χ4n) is 2.34. The lowest BCUT2D eigenvalue weighted by Crippen LogP contribution is -2.53. The molecular formula is C17H34N8O5. The van der Waals surface area contributed by atoms with Crippen LogP contribution in [0.15, 0.2) is 4.99 Å². The van der Waals surface area contributed by atoms with E-state index in [1.54, 1.807) is 0 Å². The zero-order valence-electron chi connectivity index (χ0n) is 17.2. The Morgan fingerprint density at radius 1 is 1.00 bits per heavy atom. The second-order valence-corrected chi connectivity index (χ2v) is 6.75. The Balaban J connectivity index is 4.82. The Hall–Kier alpha value is -2.93. The van der Waals surface area contributed by atoms with Crippen LogP contribution in [0.2, 0.25) is 0 Å². The summed E-state index contributed by atoms with van der Waals surface area (Å²) in [5, 5.41) is 15.9. The molecule has 0 aliphatic rings. The normalized spacial score (nSPS) is 13.4. The van der Waals surface area contributed by atoms with Gasteiger partial charge in [-0.1, -0.05) is 6.42 Å². The molecule has 0 fully saturated rings. The highest BCUT2D eigenvalue weighted by Crippen LogP contribution is 2.02. The zero-order valence-corrected chi connectivity index (χ0v) is 17.2. The highest BCUT2D eigenvalue weighted by Gasteiger charge is 2.24. The lowest BCUT2D eigenvalue weighted by atomic mass is 10.1. The van der Waals surface area contributed by atoms with E-state index in [4.69, 9.17) is 28.0 Å². The average molecular weight is 431 g/mol. The smallest absolute Gasteiger partial charge is 0.325 e.